The Morgan fingerprint density at radius 2 is 1.74 bits per heavy atom. The number of benzene rings is 2. The van der Waals surface area contributed by atoms with Crippen LogP contribution >= 0.6 is 11.8 Å². The number of nitro groups is 2. The van der Waals surface area contributed by atoms with E-state index in [-0.39, 0.29) is 4.90 Å². The number of rotatable bonds is 6. The first kappa shape index (κ1) is 16.4. The molecule has 0 heterocycles. The lowest BCUT2D eigenvalue weighted by Gasteiger charge is -2.07. The molecular weight excluding hydrogens is 324 g/mol. The minimum Gasteiger partial charge on any atom is -0.478 e. The molecule has 2 rings (SSSR count). The highest BCUT2D eigenvalue weighted by atomic mass is 32.2. The Hall–Kier alpha value is -2.94. The molecule has 0 saturated heterocycles. The number of hydrogen-bond acceptors (Lipinski definition) is 6. The van der Waals surface area contributed by atoms with Crippen LogP contribution in [0.3, 0.4) is 0 Å². The van der Waals surface area contributed by atoms with Gasteiger partial charge in [0.25, 0.3) is 11.4 Å². The molecule has 0 unspecified atom stereocenters. The Morgan fingerprint density at radius 1 is 1.09 bits per heavy atom. The van der Waals surface area contributed by atoms with Gasteiger partial charge in [-0.3, -0.25) is 20.2 Å². The number of thioether (sulfide) groups is 1. The smallest absolute Gasteiger partial charge is 0.337 e. The summed E-state index contributed by atoms with van der Waals surface area (Å²) in [5, 5.41) is 31.2. The van der Waals surface area contributed by atoms with Gasteiger partial charge in [0.2, 0.25) is 0 Å². The van der Waals surface area contributed by atoms with Gasteiger partial charge in [-0.15, -0.1) is 11.8 Å². The zero-order valence-corrected chi connectivity index (χ0v) is 12.4. The van der Waals surface area contributed by atoms with E-state index in [0.29, 0.717) is 5.75 Å². The maximum atomic E-state index is 11.3. The van der Waals surface area contributed by atoms with Crippen LogP contribution in [0.4, 0.5) is 11.4 Å². The number of carbonyl (C=O) groups is 1. The molecule has 23 heavy (non-hydrogen) atoms. The quantitative estimate of drug-likeness (QED) is 0.487. The molecular formula is C14H10N2O6S. The summed E-state index contributed by atoms with van der Waals surface area (Å²) < 4.78 is 0. The van der Waals surface area contributed by atoms with Crippen LogP contribution in [0.1, 0.15) is 15.9 Å². The minimum absolute atomic E-state index is 0.100. The van der Waals surface area contributed by atoms with Gasteiger partial charge in [-0.05, 0) is 5.56 Å². The molecule has 0 aromatic heterocycles. The monoisotopic (exact) mass is 334 g/mol. The van der Waals surface area contributed by atoms with Crippen LogP contribution in [-0.4, -0.2) is 20.9 Å². The molecule has 0 spiro atoms. The van der Waals surface area contributed by atoms with Crippen molar-refractivity contribution in [1.82, 2.24) is 0 Å². The highest BCUT2D eigenvalue weighted by Gasteiger charge is 2.27. The van der Waals surface area contributed by atoms with Crippen molar-refractivity contribution in [2.45, 2.75) is 10.6 Å². The third kappa shape index (κ3) is 3.83. The van der Waals surface area contributed by atoms with Crippen molar-refractivity contribution in [1.29, 1.82) is 0 Å². The molecule has 0 radical (unpaired) electrons. The van der Waals surface area contributed by atoms with E-state index in [1.165, 1.54) is 0 Å². The van der Waals surface area contributed by atoms with Gasteiger partial charge >= 0.3 is 5.97 Å². The summed E-state index contributed by atoms with van der Waals surface area (Å²) in [4.78, 5) is 31.5. The Balaban J connectivity index is 2.48. The number of carboxylic acids is 1. The number of aromatic carboxylic acids is 1. The molecule has 0 aliphatic rings. The third-order valence-corrected chi connectivity index (χ3v) is 4.11. The zero-order valence-electron chi connectivity index (χ0n) is 11.5. The Bertz CT molecular complexity index is 743. The van der Waals surface area contributed by atoms with Gasteiger partial charge in [0.05, 0.1) is 21.5 Å². The van der Waals surface area contributed by atoms with Gasteiger partial charge in [0, 0.05) is 11.8 Å². The molecule has 2 aromatic carbocycles. The van der Waals surface area contributed by atoms with E-state index in [1.54, 1.807) is 24.3 Å². The predicted molar refractivity (Wildman–Crippen MR) is 82.7 cm³/mol. The average molecular weight is 334 g/mol. The van der Waals surface area contributed by atoms with Crippen molar-refractivity contribution in [2.75, 3.05) is 0 Å². The normalized spacial score (nSPS) is 10.3. The lowest BCUT2D eigenvalue weighted by Crippen LogP contribution is -2.04. The first-order valence-electron chi connectivity index (χ1n) is 6.27. The van der Waals surface area contributed by atoms with E-state index >= 15 is 0 Å². The van der Waals surface area contributed by atoms with Crippen LogP contribution in [0.15, 0.2) is 47.4 Å². The van der Waals surface area contributed by atoms with Crippen LogP contribution in [0.25, 0.3) is 0 Å². The van der Waals surface area contributed by atoms with Gasteiger partial charge in [0.1, 0.15) is 4.90 Å². The van der Waals surface area contributed by atoms with E-state index in [1.807, 2.05) is 6.07 Å². The SMILES string of the molecule is O=C(O)c1cc([N+](=O)[O-])cc([N+](=O)[O-])c1SCc1ccccc1. The first-order chi connectivity index (χ1) is 10.9. The number of non-ortho nitro benzene ring substituents is 1. The minimum atomic E-state index is -1.45. The highest BCUT2D eigenvalue weighted by molar-refractivity contribution is 7.98. The molecule has 118 valence electrons. The largest absolute Gasteiger partial charge is 0.478 e. The molecule has 2 aromatic rings. The van der Waals surface area contributed by atoms with Crippen molar-refractivity contribution < 1.29 is 19.7 Å². The number of hydrogen-bond donors (Lipinski definition) is 1. The van der Waals surface area contributed by atoms with Gasteiger partial charge in [-0.25, -0.2) is 4.79 Å². The first-order valence-corrected chi connectivity index (χ1v) is 7.25. The number of nitrogens with zero attached hydrogens (tertiary/aromatic N) is 2. The van der Waals surface area contributed by atoms with Gasteiger partial charge in [-0.2, -0.15) is 0 Å². The lowest BCUT2D eigenvalue weighted by molar-refractivity contribution is -0.396. The maximum absolute atomic E-state index is 11.3. The fourth-order valence-electron chi connectivity index (χ4n) is 1.88. The lowest BCUT2D eigenvalue weighted by atomic mass is 10.1. The highest BCUT2D eigenvalue weighted by Crippen LogP contribution is 2.37. The fraction of sp³-hybridized carbons (Fsp3) is 0.0714. The molecule has 0 aliphatic carbocycles. The van der Waals surface area contributed by atoms with E-state index < -0.39 is 32.8 Å². The molecule has 0 bridgehead atoms. The molecule has 1 N–H and O–H groups in total. The third-order valence-electron chi connectivity index (χ3n) is 2.92. The Labute approximate surface area is 134 Å². The van der Waals surface area contributed by atoms with Gasteiger partial charge in [-0.1, -0.05) is 30.3 Å². The summed E-state index contributed by atoms with van der Waals surface area (Å²) in [5.41, 5.74) is -0.816. The summed E-state index contributed by atoms with van der Waals surface area (Å²) in [6.07, 6.45) is 0. The molecule has 8 nitrogen and oxygen atoms in total. The molecule has 0 aliphatic heterocycles. The average Bonchev–Trinajstić information content (AvgIpc) is 2.52. The Morgan fingerprint density at radius 3 is 2.26 bits per heavy atom. The van der Waals surface area contributed by atoms with E-state index in [4.69, 9.17) is 0 Å². The van der Waals surface area contributed by atoms with E-state index in [9.17, 15) is 30.1 Å². The second-order valence-electron chi connectivity index (χ2n) is 4.44. The molecule has 0 amide bonds. The summed E-state index contributed by atoms with van der Waals surface area (Å²) in [6.45, 7) is 0. The van der Waals surface area contributed by atoms with E-state index in [2.05, 4.69) is 0 Å². The molecule has 0 fully saturated rings. The molecule has 0 atom stereocenters. The zero-order chi connectivity index (χ0) is 17.0. The van der Waals surface area contributed by atoms with Gasteiger partial charge in [0.15, 0.2) is 0 Å². The summed E-state index contributed by atoms with van der Waals surface area (Å²) in [6, 6.07) is 10.6. The topological polar surface area (TPSA) is 124 Å². The van der Waals surface area contributed by atoms with Crippen molar-refractivity contribution >= 4 is 29.1 Å². The van der Waals surface area contributed by atoms with Crippen molar-refractivity contribution in [3.8, 4) is 0 Å². The van der Waals surface area contributed by atoms with Crippen molar-refractivity contribution in [3.05, 3.63) is 73.8 Å². The van der Waals surface area contributed by atoms with Crippen molar-refractivity contribution in [3.63, 3.8) is 0 Å². The van der Waals surface area contributed by atoms with Crippen molar-refractivity contribution in [2.24, 2.45) is 0 Å². The summed E-state index contributed by atoms with van der Waals surface area (Å²) >= 11 is 0.959. The summed E-state index contributed by atoms with van der Waals surface area (Å²) in [5.74, 6) is -1.15. The predicted octanol–water partition coefficient (Wildman–Crippen LogP) is 3.49. The molecule has 0 saturated carbocycles. The van der Waals surface area contributed by atoms with Gasteiger partial charge < -0.3 is 5.11 Å². The van der Waals surface area contributed by atoms with Crippen LogP contribution in [0.2, 0.25) is 0 Å². The van der Waals surface area contributed by atoms with Crippen LogP contribution < -0.4 is 0 Å². The van der Waals surface area contributed by atoms with E-state index in [0.717, 1.165) is 29.5 Å². The molecule has 9 heteroatoms. The fourth-order valence-corrected chi connectivity index (χ4v) is 2.97. The van der Waals surface area contributed by atoms with Crippen LogP contribution in [-0.2, 0) is 5.75 Å². The van der Waals surface area contributed by atoms with Crippen LogP contribution in [0.5, 0.6) is 0 Å². The number of nitro benzene ring substituents is 2. The standard InChI is InChI=1S/C14H10N2O6S/c17-14(18)11-6-10(15(19)20)7-12(16(21)22)13(11)23-8-9-4-2-1-3-5-9/h1-7H,8H2,(H,17,18). The Kier molecular flexibility index (Phi) is 4.91. The maximum Gasteiger partial charge on any atom is 0.337 e. The number of carboxylic acid groups (broad SMARTS) is 1. The second-order valence-corrected chi connectivity index (χ2v) is 5.42. The summed E-state index contributed by atoms with van der Waals surface area (Å²) in [7, 11) is 0. The second kappa shape index (κ2) is 6.88. The van der Waals surface area contributed by atoms with Crippen LogP contribution in [0, 0.1) is 20.2 Å².